The molecule has 0 radical (unpaired) electrons. The third kappa shape index (κ3) is 4.26. The lowest BCUT2D eigenvalue weighted by Crippen LogP contribution is -2.49. The van der Waals surface area contributed by atoms with Crippen LogP contribution in [0.4, 0.5) is 5.69 Å². The SMILES string of the molecule is O=C(c1ccc(CN2C(=O)COc3ccccc32)cc1)N1CCN(CCO)CC1. The second kappa shape index (κ2) is 8.63. The first-order valence-electron chi connectivity index (χ1n) is 9.89. The van der Waals surface area contributed by atoms with Crippen LogP contribution in [0.2, 0.25) is 0 Å². The van der Waals surface area contributed by atoms with Crippen LogP contribution in [0.15, 0.2) is 48.5 Å². The average Bonchev–Trinajstić information content (AvgIpc) is 2.76. The number of piperazine rings is 1. The quantitative estimate of drug-likeness (QED) is 0.828. The van der Waals surface area contributed by atoms with Crippen molar-refractivity contribution in [2.45, 2.75) is 6.54 Å². The fourth-order valence-electron chi connectivity index (χ4n) is 3.76. The highest BCUT2D eigenvalue weighted by Gasteiger charge is 2.25. The molecule has 4 rings (SSSR count). The molecular formula is C22H25N3O4. The maximum absolute atomic E-state index is 12.8. The molecule has 2 aliphatic heterocycles. The standard InChI is InChI=1S/C22H25N3O4/c26-14-13-23-9-11-24(12-10-23)22(28)18-7-5-17(6-8-18)15-25-19-3-1-2-4-20(19)29-16-21(25)27/h1-8,26H,9-16H2. The zero-order valence-corrected chi connectivity index (χ0v) is 16.3. The summed E-state index contributed by atoms with van der Waals surface area (Å²) in [6.07, 6.45) is 0. The van der Waals surface area contributed by atoms with E-state index in [0.29, 0.717) is 37.5 Å². The maximum Gasteiger partial charge on any atom is 0.265 e. The Hall–Kier alpha value is -2.90. The third-order valence-corrected chi connectivity index (χ3v) is 5.43. The van der Waals surface area contributed by atoms with E-state index < -0.39 is 0 Å². The van der Waals surface area contributed by atoms with E-state index in [-0.39, 0.29) is 25.0 Å². The zero-order chi connectivity index (χ0) is 20.2. The number of anilines is 1. The Morgan fingerprint density at radius 1 is 1.00 bits per heavy atom. The number of para-hydroxylation sites is 2. The van der Waals surface area contributed by atoms with Gasteiger partial charge in [-0.25, -0.2) is 0 Å². The lowest BCUT2D eigenvalue weighted by Gasteiger charge is -2.34. The molecule has 2 heterocycles. The van der Waals surface area contributed by atoms with Crippen molar-refractivity contribution in [2.24, 2.45) is 0 Å². The van der Waals surface area contributed by atoms with E-state index in [1.165, 1.54) is 0 Å². The van der Waals surface area contributed by atoms with Gasteiger partial charge in [0.15, 0.2) is 6.61 Å². The van der Waals surface area contributed by atoms with Crippen LogP contribution in [0.25, 0.3) is 0 Å². The molecular weight excluding hydrogens is 370 g/mol. The van der Waals surface area contributed by atoms with Gasteiger partial charge in [0.2, 0.25) is 0 Å². The van der Waals surface area contributed by atoms with Crippen molar-refractivity contribution in [3.8, 4) is 5.75 Å². The summed E-state index contributed by atoms with van der Waals surface area (Å²) in [5.74, 6) is 0.650. The Bertz CT molecular complexity index is 876. The highest BCUT2D eigenvalue weighted by Crippen LogP contribution is 2.32. The number of carbonyl (C=O) groups is 2. The normalized spacial score (nSPS) is 17.1. The molecule has 2 amide bonds. The van der Waals surface area contributed by atoms with Gasteiger partial charge in [-0.15, -0.1) is 0 Å². The minimum absolute atomic E-state index is 0.0213. The van der Waals surface area contributed by atoms with E-state index in [1.807, 2.05) is 53.4 Å². The summed E-state index contributed by atoms with van der Waals surface area (Å²) in [4.78, 5) is 30.8. The summed E-state index contributed by atoms with van der Waals surface area (Å²) in [5, 5.41) is 9.03. The van der Waals surface area contributed by atoms with Crippen LogP contribution in [0.5, 0.6) is 5.75 Å². The van der Waals surface area contributed by atoms with Gasteiger partial charge in [0.05, 0.1) is 18.8 Å². The van der Waals surface area contributed by atoms with E-state index in [1.54, 1.807) is 4.90 Å². The number of aliphatic hydroxyl groups excluding tert-OH is 1. The molecule has 1 N–H and O–H groups in total. The number of rotatable bonds is 5. The van der Waals surface area contributed by atoms with Gasteiger partial charge < -0.3 is 19.6 Å². The molecule has 1 fully saturated rings. The highest BCUT2D eigenvalue weighted by molar-refractivity contribution is 5.98. The predicted octanol–water partition coefficient (Wildman–Crippen LogP) is 1.36. The number of amides is 2. The summed E-state index contributed by atoms with van der Waals surface area (Å²) in [6.45, 7) is 4.17. The van der Waals surface area contributed by atoms with Crippen molar-refractivity contribution < 1.29 is 19.4 Å². The monoisotopic (exact) mass is 395 g/mol. The number of fused-ring (bicyclic) bond motifs is 1. The number of hydrogen-bond acceptors (Lipinski definition) is 5. The highest BCUT2D eigenvalue weighted by atomic mass is 16.5. The largest absolute Gasteiger partial charge is 0.482 e. The van der Waals surface area contributed by atoms with E-state index in [0.717, 1.165) is 24.3 Å². The summed E-state index contributed by atoms with van der Waals surface area (Å²) in [7, 11) is 0. The molecule has 7 nitrogen and oxygen atoms in total. The van der Waals surface area contributed by atoms with Gasteiger partial charge in [0.1, 0.15) is 5.75 Å². The summed E-state index contributed by atoms with van der Waals surface area (Å²) in [5.41, 5.74) is 2.38. The lowest BCUT2D eigenvalue weighted by atomic mass is 10.1. The molecule has 29 heavy (non-hydrogen) atoms. The van der Waals surface area contributed by atoms with Crippen molar-refractivity contribution in [1.82, 2.24) is 9.80 Å². The molecule has 0 aromatic heterocycles. The first-order valence-corrected chi connectivity index (χ1v) is 9.89. The number of β-amino-alcohol motifs (C(OH)–C–C–N with tert-alkyl or cyclic N) is 1. The maximum atomic E-state index is 12.8. The molecule has 2 aromatic rings. The minimum atomic E-state index is -0.0791. The molecule has 1 saturated heterocycles. The van der Waals surface area contributed by atoms with E-state index in [4.69, 9.17) is 9.84 Å². The molecule has 7 heteroatoms. The molecule has 0 spiro atoms. The van der Waals surface area contributed by atoms with Gasteiger partial charge in [-0.3, -0.25) is 14.5 Å². The third-order valence-electron chi connectivity index (χ3n) is 5.43. The van der Waals surface area contributed by atoms with Gasteiger partial charge >= 0.3 is 0 Å². The van der Waals surface area contributed by atoms with Crippen molar-refractivity contribution in [3.05, 3.63) is 59.7 Å². The fraction of sp³-hybridized carbons (Fsp3) is 0.364. The predicted molar refractivity (Wildman–Crippen MR) is 109 cm³/mol. The summed E-state index contributed by atoms with van der Waals surface area (Å²) >= 11 is 0. The number of nitrogens with zero attached hydrogens (tertiary/aromatic N) is 3. The Kier molecular flexibility index (Phi) is 5.78. The van der Waals surface area contributed by atoms with E-state index in [9.17, 15) is 9.59 Å². The smallest absolute Gasteiger partial charge is 0.265 e. The second-order valence-electron chi connectivity index (χ2n) is 7.29. The summed E-state index contributed by atoms with van der Waals surface area (Å²) < 4.78 is 5.49. The Morgan fingerprint density at radius 3 is 2.45 bits per heavy atom. The van der Waals surface area contributed by atoms with Crippen LogP contribution in [0.1, 0.15) is 15.9 Å². The fourth-order valence-corrected chi connectivity index (χ4v) is 3.76. The first kappa shape index (κ1) is 19.4. The van der Waals surface area contributed by atoms with Gasteiger partial charge in [-0.1, -0.05) is 24.3 Å². The molecule has 0 atom stereocenters. The lowest BCUT2D eigenvalue weighted by molar-refractivity contribution is -0.121. The summed E-state index contributed by atoms with van der Waals surface area (Å²) in [6, 6.07) is 15.0. The molecule has 0 unspecified atom stereocenters. The van der Waals surface area contributed by atoms with Gasteiger partial charge in [0.25, 0.3) is 11.8 Å². The number of hydrogen-bond donors (Lipinski definition) is 1. The average molecular weight is 395 g/mol. The molecule has 0 saturated carbocycles. The second-order valence-corrected chi connectivity index (χ2v) is 7.29. The molecule has 0 bridgehead atoms. The van der Waals surface area contributed by atoms with Crippen LogP contribution in [-0.2, 0) is 11.3 Å². The Labute approximate surface area is 170 Å². The topological polar surface area (TPSA) is 73.3 Å². The van der Waals surface area contributed by atoms with Crippen molar-refractivity contribution >= 4 is 17.5 Å². The zero-order valence-electron chi connectivity index (χ0n) is 16.3. The van der Waals surface area contributed by atoms with Crippen molar-refractivity contribution in [2.75, 3.05) is 50.8 Å². The number of benzene rings is 2. The van der Waals surface area contributed by atoms with Crippen LogP contribution in [-0.4, -0.2) is 72.7 Å². The minimum Gasteiger partial charge on any atom is -0.482 e. The number of carbonyl (C=O) groups excluding carboxylic acids is 2. The van der Waals surface area contributed by atoms with Crippen LogP contribution >= 0.6 is 0 Å². The van der Waals surface area contributed by atoms with Crippen LogP contribution < -0.4 is 9.64 Å². The molecule has 0 aliphatic carbocycles. The first-order chi connectivity index (χ1) is 14.2. The molecule has 152 valence electrons. The van der Waals surface area contributed by atoms with Gasteiger partial charge in [0, 0.05) is 38.3 Å². The Morgan fingerprint density at radius 2 is 1.72 bits per heavy atom. The molecule has 2 aliphatic rings. The van der Waals surface area contributed by atoms with Crippen molar-refractivity contribution in [3.63, 3.8) is 0 Å². The molecule has 2 aromatic carbocycles. The van der Waals surface area contributed by atoms with Crippen LogP contribution in [0.3, 0.4) is 0 Å². The van der Waals surface area contributed by atoms with E-state index >= 15 is 0 Å². The van der Waals surface area contributed by atoms with Crippen molar-refractivity contribution in [1.29, 1.82) is 0 Å². The van der Waals surface area contributed by atoms with E-state index in [2.05, 4.69) is 4.90 Å². The number of aliphatic hydroxyl groups is 1. The Balaban J connectivity index is 1.41. The van der Waals surface area contributed by atoms with Crippen LogP contribution in [0, 0.1) is 0 Å². The van der Waals surface area contributed by atoms with Gasteiger partial charge in [-0.2, -0.15) is 0 Å². The number of ether oxygens (including phenoxy) is 1. The van der Waals surface area contributed by atoms with Gasteiger partial charge in [-0.05, 0) is 29.8 Å².